The van der Waals surface area contributed by atoms with E-state index in [1.807, 2.05) is 31.2 Å². The van der Waals surface area contributed by atoms with Gasteiger partial charge in [-0.3, -0.25) is 9.59 Å². The summed E-state index contributed by atoms with van der Waals surface area (Å²) in [6.45, 7) is 3.42. The van der Waals surface area contributed by atoms with Gasteiger partial charge in [0.15, 0.2) is 5.78 Å². The van der Waals surface area contributed by atoms with E-state index in [9.17, 15) is 9.59 Å². The molecule has 1 amide bonds. The Balaban J connectivity index is 1.81. The lowest BCUT2D eigenvalue weighted by Crippen LogP contribution is -2.12. The van der Waals surface area contributed by atoms with Crippen LogP contribution in [-0.4, -0.2) is 26.5 Å². The van der Waals surface area contributed by atoms with Crippen LogP contribution in [0, 0.1) is 6.92 Å². The number of carbonyl (C=O) groups is 2. The molecular weight excluding hydrogens is 292 g/mol. The third kappa shape index (κ3) is 3.06. The van der Waals surface area contributed by atoms with Crippen molar-refractivity contribution >= 4 is 17.4 Å². The molecule has 0 aliphatic carbocycles. The van der Waals surface area contributed by atoms with Crippen LogP contribution >= 0.6 is 0 Å². The number of hydrogen-bond acceptors (Lipinski definition) is 3. The molecule has 0 atom stereocenters. The zero-order chi connectivity index (χ0) is 16.4. The third-order valence-electron chi connectivity index (χ3n) is 3.51. The summed E-state index contributed by atoms with van der Waals surface area (Å²) < 4.78 is 1.79. The Labute approximate surface area is 133 Å². The number of benzene rings is 1. The minimum absolute atomic E-state index is 0.0866. The summed E-state index contributed by atoms with van der Waals surface area (Å²) in [5, 5.41) is 7.06. The fourth-order valence-electron chi connectivity index (χ4n) is 2.28. The first-order chi connectivity index (χ1) is 11.0. The number of nitrogens with one attached hydrogen (secondary N) is 2. The quantitative estimate of drug-likeness (QED) is 0.727. The average molecular weight is 308 g/mol. The topological polar surface area (TPSA) is 79.8 Å². The summed E-state index contributed by atoms with van der Waals surface area (Å²) in [7, 11) is 0. The summed E-state index contributed by atoms with van der Waals surface area (Å²) in [6.07, 6.45) is 3.25. The second kappa shape index (κ2) is 5.92. The summed E-state index contributed by atoms with van der Waals surface area (Å²) in [4.78, 5) is 26.3. The van der Waals surface area contributed by atoms with Crippen molar-refractivity contribution in [3.05, 3.63) is 65.7 Å². The van der Waals surface area contributed by atoms with Gasteiger partial charge in [0, 0.05) is 29.3 Å². The molecule has 116 valence electrons. The molecule has 3 aromatic rings. The molecular formula is C17H16N4O2. The number of aromatic nitrogens is 3. The van der Waals surface area contributed by atoms with Crippen molar-refractivity contribution in [2.75, 3.05) is 5.32 Å². The maximum atomic E-state index is 12.2. The van der Waals surface area contributed by atoms with Crippen LogP contribution in [0.2, 0.25) is 0 Å². The van der Waals surface area contributed by atoms with Crippen molar-refractivity contribution in [1.82, 2.24) is 14.8 Å². The maximum Gasteiger partial charge on any atom is 0.272 e. The van der Waals surface area contributed by atoms with E-state index in [2.05, 4.69) is 15.4 Å². The van der Waals surface area contributed by atoms with E-state index >= 15 is 0 Å². The molecule has 0 saturated carbocycles. The van der Waals surface area contributed by atoms with Crippen LogP contribution in [0.15, 0.2) is 48.8 Å². The van der Waals surface area contributed by atoms with Crippen LogP contribution in [0.1, 0.15) is 33.5 Å². The molecule has 0 radical (unpaired) electrons. The summed E-state index contributed by atoms with van der Waals surface area (Å²) in [5.41, 5.74) is 3.35. The molecule has 3 rings (SSSR count). The number of Topliss-reactive ketones (excluding diaryl/α,β-unsaturated/α-hetero) is 1. The van der Waals surface area contributed by atoms with Gasteiger partial charge in [-0.2, -0.15) is 5.10 Å². The molecule has 0 spiro atoms. The van der Waals surface area contributed by atoms with Crippen LogP contribution in [0.3, 0.4) is 0 Å². The van der Waals surface area contributed by atoms with Gasteiger partial charge in [0.2, 0.25) is 0 Å². The monoisotopic (exact) mass is 308 g/mol. The Morgan fingerprint density at radius 3 is 2.70 bits per heavy atom. The fourth-order valence-corrected chi connectivity index (χ4v) is 2.28. The highest BCUT2D eigenvalue weighted by Crippen LogP contribution is 2.16. The van der Waals surface area contributed by atoms with Gasteiger partial charge < -0.3 is 10.3 Å². The normalized spacial score (nSPS) is 10.5. The molecule has 23 heavy (non-hydrogen) atoms. The molecule has 6 nitrogen and oxygen atoms in total. The molecule has 0 bridgehead atoms. The first kappa shape index (κ1) is 14.8. The first-order valence-electron chi connectivity index (χ1n) is 7.16. The molecule has 0 aliphatic heterocycles. The zero-order valence-electron chi connectivity index (χ0n) is 12.8. The van der Waals surface area contributed by atoms with Crippen molar-refractivity contribution in [3.63, 3.8) is 0 Å². The number of aromatic amines is 1. The number of hydrogen-bond donors (Lipinski definition) is 2. The molecule has 2 N–H and O–H groups in total. The average Bonchev–Trinajstić information content (AvgIpc) is 3.16. The fraction of sp³-hybridized carbons (Fsp3) is 0.118. The molecule has 0 fully saturated rings. The highest BCUT2D eigenvalue weighted by atomic mass is 16.2. The summed E-state index contributed by atoms with van der Waals surface area (Å²) >= 11 is 0. The molecule has 0 unspecified atom stereocenters. The van der Waals surface area contributed by atoms with Gasteiger partial charge in [0.25, 0.3) is 5.91 Å². The first-order valence-corrected chi connectivity index (χ1v) is 7.16. The Kier molecular flexibility index (Phi) is 3.80. The number of H-pyrrole nitrogens is 1. The number of carbonyl (C=O) groups excluding carboxylic acids is 2. The molecule has 6 heteroatoms. The van der Waals surface area contributed by atoms with E-state index in [0.717, 1.165) is 11.4 Å². The highest BCUT2D eigenvalue weighted by molar-refractivity contribution is 6.05. The predicted molar refractivity (Wildman–Crippen MR) is 87.1 cm³/mol. The van der Waals surface area contributed by atoms with Crippen molar-refractivity contribution in [2.24, 2.45) is 0 Å². The Morgan fingerprint density at radius 1 is 1.22 bits per heavy atom. The van der Waals surface area contributed by atoms with Crippen LogP contribution in [-0.2, 0) is 0 Å². The van der Waals surface area contributed by atoms with Crippen LogP contribution < -0.4 is 5.32 Å². The molecule has 0 aliphatic rings. The lowest BCUT2D eigenvalue weighted by Gasteiger charge is -2.08. The second-order valence-corrected chi connectivity index (χ2v) is 5.25. The Bertz CT molecular complexity index is 876. The number of anilines is 1. The summed E-state index contributed by atoms with van der Waals surface area (Å²) in [6, 6.07) is 10.9. The number of aryl methyl sites for hydroxylation is 1. The number of nitrogens with zero attached hydrogens (tertiary/aromatic N) is 2. The highest BCUT2D eigenvalue weighted by Gasteiger charge is 2.11. The van der Waals surface area contributed by atoms with E-state index in [1.54, 1.807) is 23.0 Å². The van der Waals surface area contributed by atoms with Crippen molar-refractivity contribution < 1.29 is 9.59 Å². The van der Waals surface area contributed by atoms with Gasteiger partial charge in [0.05, 0.1) is 5.69 Å². The predicted octanol–water partition coefficient (Wildman–Crippen LogP) is 2.96. The minimum Gasteiger partial charge on any atom is -0.356 e. The summed E-state index contributed by atoms with van der Waals surface area (Å²) in [5.74, 6) is -0.386. The third-order valence-corrected chi connectivity index (χ3v) is 3.51. The largest absolute Gasteiger partial charge is 0.356 e. The SMILES string of the molecule is CC(=O)c1c[nH]c(C(=O)Nc2cccc(-n3nccc3C)c2)c1. The number of rotatable bonds is 4. The Morgan fingerprint density at radius 2 is 2.04 bits per heavy atom. The van der Waals surface area contributed by atoms with Crippen LogP contribution in [0.5, 0.6) is 0 Å². The maximum absolute atomic E-state index is 12.2. The Hall–Kier alpha value is -3.15. The van der Waals surface area contributed by atoms with Gasteiger partial charge in [0.1, 0.15) is 5.69 Å². The molecule has 0 saturated heterocycles. The lowest BCUT2D eigenvalue weighted by molar-refractivity contribution is 0.101. The van der Waals surface area contributed by atoms with Gasteiger partial charge in [-0.1, -0.05) is 6.07 Å². The molecule has 2 heterocycles. The van der Waals surface area contributed by atoms with Gasteiger partial charge in [-0.05, 0) is 44.2 Å². The van der Waals surface area contributed by atoms with E-state index in [4.69, 9.17) is 0 Å². The zero-order valence-corrected chi connectivity index (χ0v) is 12.8. The van der Waals surface area contributed by atoms with Crippen molar-refractivity contribution in [3.8, 4) is 5.69 Å². The van der Waals surface area contributed by atoms with E-state index in [1.165, 1.54) is 13.1 Å². The molecule has 1 aromatic carbocycles. The van der Waals surface area contributed by atoms with Gasteiger partial charge >= 0.3 is 0 Å². The van der Waals surface area contributed by atoms with Gasteiger partial charge in [-0.15, -0.1) is 0 Å². The van der Waals surface area contributed by atoms with E-state index < -0.39 is 0 Å². The van der Waals surface area contributed by atoms with Gasteiger partial charge in [-0.25, -0.2) is 4.68 Å². The van der Waals surface area contributed by atoms with Crippen molar-refractivity contribution in [1.29, 1.82) is 0 Å². The smallest absolute Gasteiger partial charge is 0.272 e. The van der Waals surface area contributed by atoms with E-state index in [0.29, 0.717) is 16.9 Å². The second-order valence-electron chi connectivity index (χ2n) is 5.25. The minimum atomic E-state index is -0.299. The van der Waals surface area contributed by atoms with E-state index in [-0.39, 0.29) is 11.7 Å². The van der Waals surface area contributed by atoms with Crippen molar-refractivity contribution in [2.45, 2.75) is 13.8 Å². The number of ketones is 1. The van der Waals surface area contributed by atoms with Crippen LogP contribution in [0.25, 0.3) is 5.69 Å². The molecule has 2 aromatic heterocycles. The lowest BCUT2D eigenvalue weighted by atomic mass is 10.2. The van der Waals surface area contributed by atoms with Crippen LogP contribution in [0.4, 0.5) is 5.69 Å². The standard InChI is InChI=1S/C17H16N4O2/c1-11-6-7-19-21(11)15-5-3-4-14(9-15)20-17(23)16-8-13(10-18-16)12(2)22/h3-10,18H,1-2H3,(H,20,23). The number of amides is 1.